The van der Waals surface area contributed by atoms with Crippen LogP contribution in [0.25, 0.3) is 0 Å². The lowest BCUT2D eigenvalue weighted by atomic mass is 9.84. The van der Waals surface area contributed by atoms with Crippen LogP contribution in [-0.4, -0.2) is 38.7 Å². The van der Waals surface area contributed by atoms with Crippen LogP contribution < -0.4 is 0 Å². The van der Waals surface area contributed by atoms with Gasteiger partial charge in [-0.3, -0.25) is 9.59 Å². The Morgan fingerprint density at radius 3 is 2.46 bits per heavy atom. The molecule has 0 N–H and O–H groups in total. The number of hydrogen-bond acceptors (Lipinski definition) is 6. The summed E-state index contributed by atoms with van der Waals surface area (Å²) in [6.07, 6.45) is 8.70. The van der Waals surface area contributed by atoms with E-state index in [1.807, 2.05) is 25.2 Å². The third kappa shape index (κ3) is 3.74. The molecule has 0 saturated heterocycles. The molecular formula is C20H26O6. The molecule has 6 heteroatoms. The average Bonchev–Trinajstić information content (AvgIpc) is 2.97. The van der Waals surface area contributed by atoms with Gasteiger partial charge < -0.3 is 14.2 Å². The number of hydrogen-bond donors (Lipinski definition) is 0. The number of allylic oxidation sites excluding steroid dienone is 5. The summed E-state index contributed by atoms with van der Waals surface area (Å²) in [5.41, 5.74) is 0.797. The molecule has 142 valence electrons. The number of fused-ring (bicyclic) bond motifs is 1. The molecule has 6 nitrogen and oxygen atoms in total. The lowest BCUT2D eigenvalue weighted by Crippen LogP contribution is -2.39. The Labute approximate surface area is 153 Å². The SMILES string of the molecule is CCOC(=O)/C=C/[C@@H]1CC=C[C@@H]2CC(C(=O)OC)(C(=O)OC)CC2=C1C. The van der Waals surface area contributed by atoms with Crippen LogP contribution in [0.15, 0.2) is 35.5 Å². The Morgan fingerprint density at radius 1 is 1.23 bits per heavy atom. The highest BCUT2D eigenvalue weighted by atomic mass is 16.5. The van der Waals surface area contributed by atoms with Crippen molar-refractivity contribution in [1.82, 2.24) is 0 Å². The van der Waals surface area contributed by atoms with E-state index in [0.29, 0.717) is 13.0 Å². The Kier molecular flexibility index (Phi) is 6.40. The molecule has 2 aliphatic carbocycles. The van der Waals surface area contributed by atoms with Crippen LogP contribution in [0.1, 0.15) is 33.1 Å². The van der Waals surface area contributed by atoms with E-state index in [2.05, 4.69) is 0 Å². The van der Waals surface area contributed by atoms with Gasteiger partial charge in [-0.05, 0) is 39.0 Å². The van der Waals surface area contributed by atoms with Crippen molar-refractivity contribution in [2.24, 2.45) is 17.3 Å². The molecule has 1 fully saturated rings. The predicted molar refractivity (Wildman–Crippen MR) is 94.9 cm³/mol. The first-order chi connectivity index (χ1) is 12.4. The normalized spacial score (nSPS) is 24.2. The molecule has 0 heterocycles. The molecule has 2 aliphatic rings. The van der Waals surface area contributed by atoms with Gasteiger partial charge in [0.1, 0.15) is 0 Å². The largest absolute Gasteiger partial charge is 0.468 e. The first-order valence-electron chi connectivity index (χ1n) is 8.77. The molecule has 0 aliphatic heterocycles. The second kappa shape index (κ2) is 8.34. The molecule has 1 saturated carbocycles. The summed E-state index contributed by atoms with van der Waals surface area (Å²) in [4.78, 5) is 36.4. The van der Waals surface area contributed by atoms with Crippen molar-refractivity contribution in [3.8, 4) is 0 Å². The maximum Gasteiger partial charge on any atom is 0.330 e. The summed E-state index contributed by atoms with van der Waals surface area (Å²) >= 11 is 0. The maximum absolute atomic E-state index is 12.4. The van der Waals surface area contributed by atoms with Crippen LogP contribution in [0, 0.1) is 17.3 Å². The van der Waals surface area contributed by atoms with E-state index < -0.39 is 17.4 Å². The number of esters is 3. The van der Waals surface area contributed by atoms with Gasteiger partial charge in [0.05, 0.1) is 20.8 Å². The molecule has 0 aromatic rings. The molecule has 2 atom stereocenters. The standard InChI is InChI=1S/C20H26O6/c1-5-26-17(21)10-9-14-7-6-8-15-11-20(18(22)24-3,19(23)25-4)12-16(15)13(14)2/h6,8-10,14-15H,5,7,11-12H2,1-4H3/b10-9+/t14-,15+/m0/s1. The van der Waals surface area contributed by atoms with Crippen molar-refractivity contribution < 1.29 is 28.6 Å². The van der Waals surface area contributed by atoms with E-state index in [1.54, 1.807) is 6.92 Å². The molecule has 0 amide bonds. The number of carbonyl (C=O) groups is 3. The van der Waals surface area contributed by atoms with E-state index in [9.17, 15) is 14.4 Å². The monoisotopic (exact) mass is 362 g/mol. The van der Waals surface area contributed by atoms with Crippen molar-refractivity contribution in [2.45, 2.75) is 33.1 Å². The number of methoxy groups -OCH3 is 2. The Hall–Kier alpha value is -2.37. The molecule has 0 radical (unpaired) electrons. The van der Waals surface area contributed by atoms with E-state index >= 15 is 0 Å². The molecule has 0 spiro atoms. The van der Waals surface area contributed by atoms with Gasteiger partial charge in [0.15, 0.2) is 5.41 Å². The minimum absolute atomic E-state index is 0.0155. The van der Waals surface area contributed by atoms with Crippen molar-refractivity contribution in [3.63, 3.8) is 0 Å². The number of carbonyl (C=O) groups excluding carboxylic acids is 3. The predicted octanol–water partition coefficient (Wildman–Crippen LogP) is 2.74. The van der Waals surface area contributed by atoms with Crippen molar-refractivity contribution in [2.75, 3.05) is 20.8 Å². The fourth-order valence-corrected chi connectivity index (χ4v) is 3.84. The summed E-state index contributed by atoms with van der Waals surface area (Å²) < 4.78 is 14.7. The zero-order valence-electron chi connectivity index (χ0n) is 15.7. The molecule has 2 rings (SSSR count). The van der Waals surface area contributed by atoms with Crippen LogP contribution in [0.3, 0.4) is 0 Å². The van der Waals surface area contributed by atoms with Crippen LogP contribution in [0.2, 0.25) is 0 Å². The van der Waals surface area contributed by atoms with E-state index in [4.69, 9.17) is 14.2 Å². The van der Waals surface area contributed by atoms with Crippen LogP contribution in [0.5, 0.6) is 0 Å². The second-order valence-corrected chi connectivity index (χ2v) is 6.64. The summed E-state index contributed by atoms with van der Waals surface area (Å²) in [5, 5.41) is 0. The van der Waals surface area contributed by atoms with Gasteiger partial charge in [-0.25, -0.2) is 4.79 Å². The highest BCUT2D eigenvalue weighted by molar-refractivity contribution is 6.01. The molecular weight excluding hydrogens is 336 g/mol. The topological polar surface area (TPSA) is 78.9 Å². The van der Waals surface area contributed by atoms with Gasteiger partial charge in [0.25, 0.3) is 0 Å². The van der Waals surface area contributed by atoms with Crippen LogP contribution >= 0.6 is 0 Å². The van der Waals surface area contributed by atoms with E-state index in [-0.39, 0.29) is 24.2 Å². The molecule has 0 aromatic carbocycles. The summed E-state index contributed by atoms with van der Waals surface area (Å²) in [5.74, 6) is -1.51. The second-order valence-electron chi connectivity index (χ2n) is 6.64. The van der Waals surface area contributed by atoms with Gasteiger partial charge in [0.2, 0.25) is 0 Å². The molecule has 26 heavy (non-hydrogen) atoms. The van der Waals surface area contributed by atoms with E-state index in [1.165, 1.54) is 20.3 Å². The van der Waals surface area contributed by atoms with Gasteiger partial charge in [-0.1, -0.05) is 29.4 Å². The summed E-state index contributed by atoms with van der Waals surface area (Å²) in [7, 11) is 2.56. The summed E-state index contributed by atoms with van der Waals surface area (Å²) in [6, 6.07) is 0. The highest BCUT2D eigenvalue weighted by Gasteiger charge is 2.55. The van der Waals surface area contributed by atoms with Gasteiger partial charge >= 0.3 is 17.9 Å². The zero-order chi connectivity index (χ0) is 19.3. The van der Waals surface area contributed by atoms with Crippen LogP contribution in [0.4, 0.5) is 0 Å². The molecule has 0 bridgehead atoms. The van der Waals surface area contributed by atoms with Crippen molar-refractivity contribution in [1.29, 1.82) is 0 Å². The lowest BCUT2D eigenvalue weighted by molar-refractivity contribution is -0.168. The quantitative estimate of drug-likeness (QED) is 0.246. The number of rotatable bonds is 5. The van der Waals surface area contributed by atoms with E-state index in [0.717, 1.165) is 17.6 Å². The fourth-order valence-electron chi connectivity index (χ4n) is 3.84. The lowest BCUT2D eigenvalue weighted by Gasteiger charge is -2.23. The van der Waals surface area contributed by atoms with Crippen molar-refractivity contribution >= 4 is 17.9 Å². The van der Waals surface area contributed by atoms with Crippen molar-refractivity contribution in [3.05, 3.63) is 35.5 Å². The minimum atomic E-state index is -1.30. The zero-order valence-corrected chi connectivity index (χ0v) is 15.7. The van der Waals surface area contributed by atoms with Gasteiger partial charge in [-0.15, -0.1) is 0 Å². The first-order valence-corrected chi connectivity index (χ1v) is 8.77. The average molecular weight is 362 g/mol. The Morgan fingerprint density at radius 2 is 1.88 bits per heavy atom. The summed E-state index contributed by atoms with van der Waals surface area (Å²) in [6.45, 7) is 4.08. The third-order valence-corrected chi connectivity index (χ3v) is 5.23. The van der Waals surface area contributed by atoms with Gasteiger partial charge in [-0.2, -0.15) is 0 Å². The highest BCUT2D eigenvalue weighted by Crippen LogP contribution is 2.50. The number of ether oxygens (including phenoxy) is 3. The third-order valence-electron chi connectivity index (χ3n) is 5.23. The molecule has 0 aromatic heterocycles. The Balaban J connectivity index is 2.35. The minimum Gasteiger partial charge on any atom is -0.468 e. The fraction of sp³-hybridized carbons (Fsp3) is 0.550. The smallest absolute Gasteiger partial charge is 0.330 e. The van der Waals surface area contributed by atoms with Crippen LogP contribution in [-0.2, 0) is 28.6 Å². The maximum atomic E-state index is 12.4. The molecule has 0 unspecified atom stereocenters. The first kappa shape index (κ1) is 19.9. The Bertz CT molecular complexity index is 654. The van der Waals surface area contributed by atoms with Gasteiger partial charge in [0, 0.05) is 12.0 Å².